The lowest BCUT2D eigenvalue weighted by molar-refractivity contribution is 0.0599. The van der Waals surface area contributed by atoms with Crippen molar-refractivity contribution in [2.24, 2.45) is 0 Å². The first-order chi connectivity index (χ1) is 16.0. The Morgan fingerprint density at radius 1 is 1.18 bits per heavy atom. The number of benzene rings is 1. The molecule has 3 aromatic rings. The Bertz CT molecular complexity index is 1180. The van der Waals surface area contributed by atoms with E-state index in [0.29, 0.717) is 24.5 Å². The van der Waals surface area contributed by atoms with Gasteiger partial charge in [-0.25, -0.2) is 14.4 Å². The van der Waals surface area contributed by atoms with Gasteiger partial charge in [0, 0.05) is 36.6 Å². The van der Waals surface area contributed by atoms with Crippen molar-refractivity contribution in [3.63, 3.8) is 0 Å². The third-order valence-corrected chi connectivity index (χ3v) is 6.75. The summed E-state index contributed by atoms with van der Waals surface area (Å²) in [6, 6.07) is 6.57. The average molecular weight is 449 g/mol. The number of carbonyl (C=O) groups is 1. The number of amides is 1. The normalized spacial score (nSPS) is 18.3. The van der Waals surface area contributed by atoms with Crippen LogP contribution in [0.2, 0.25) is 0 Å². The Kier molecular flexibility index (Phi) is 5.83. The number of hydrogen-bond acceptors (Lipinski definition) is 5. The van der Waals surface area contributed by atoms with Crippen LogP contribution in [0.5, 0.6) is 0 Å². The molecule has 8 heteroatoms. The summed E-state index contributed by atoms with van der Waals surface area (Å²) < 4.78 is 13.8. The number of aromatic amines is 1. The van der Waals surface area contributed by atoms with Gasteiger partial charge < -0.3 is 9.80 Å². The van der Waals surface area contributed by atoms with Crippen LogP contribution in [0.25, 0.3) is 0 Å². The molecule has 0 radical (unpaired) electrons. The van der Waals surface area contributed by atoms with E-state index in [1.54, 1.807) is 18.3 Å². The largest absolute Gasteiger partial charge is 0.352 e. The number of aryl methyl sites for hydroxylation is 2. The highest BCUT2D eigenvalue weighted by molar-refractivity contribution is 5.95. The molecule has 172 valence electrons. The van der Waals surface area contributed by atoms with Gasteiger partial charge in [0.15, 0.2) is 5.82 Å². The number of carbonyl (C=O) groups excluding carboxylic acids is 1. The number of rotatable bonds is 4. The maximum Gasteiger partial charge on any atom is 0.257 e. The molecule has 33 heavy (non-hydrogen) atoms. The fourth-order valence-corrected chi connectivity index (χ4v) is 5.03. The van der Waals surface area contributed by atoms with E-state index in [-0.39, 0.29) is 17.8 Å². The van der Waals surface area contributed by atoms with E-state index in [9.17, 15) is 9.18 Å². The molecular formula is C25H29FN6O. The van der Waals surface area contributed by atoms with Gasteiger partial charge in [0.2, 0.25) is 0 Å². The zero-order chi connectivity index (χ0) is 22.9. The first-order valence-corrected chi connectivity index (χ1v) is 11.7. The lowest BCUT2D eigenvalue weighted by Crippen LogP contribution is -2.40. The molecule has 0 unspecified atom stereocenters. The molecule has 0 spiro atoms. The molecule has 0 saturated carbocycles. The molecule has 2 aliphatic heterocycles. The van der Waals surface area contributed by atoms with Crippen molar-refractivity contribution >= 4 is 11.7 Å². The van der Waals surface area contributed by atoms with Crippen LogP contribution < -0.4 is 4.90 Å². The van der Waals surface area contributed by atoms with Crippen LogP contribution in [-0.2, 0) is 13.0 Å². The first kappa shape index (κ1) is 21.6. The van der Waals surface area contributed by atoms with Gasteiger partial charge >= 0.3 is 0 Å². The summed E-state index contributed by atoms with van der Waals surface area (Å²) in [4.78, 5) is 27.4. The molecule has 1 amide bonds. The van der Waals surface area contributed by atoms with Gasteiger partial charge in [-0.05, 0) is 63.6 Å². The molecule has 2 aromatic heterocycles. The lowest BCUT2D eigenvalue weighted by atomic mass is 9.98. The molecule has 4 heterocycles. The molecular weight excluding hydrogens is 419 g/mol. The molecule has 1 fully saturated rings. The number of hydrogen-bond donors (Lipinski definition) is 1. The summed E-state index contributed by atoms with van der Waals surface area (Å²) in [7, 11) is 0. The number of likely N-dealkylation sites (tertiary alicyclic amines) is 1. The third-order valence-electron chi connectivity index (χ3n) is 6.75. The zero-order valence-electron chi connectivity index (χ0n) is 19.1. The number of H-pyrrole nitrogens is 1. The van der Waals surface area contributed by atoms with Crippen molar-refractivity contribution in [1.29, 1.82) is 0 Å². The Hall–Kier alpha value is -3.29. The molecule has 5 rings (SSSR count). The Balaban J connectivity index is 1.49. The summed E-state index contributed by atoms with van der Waals surface area (Å²) in [5.74, 6) is 1.37. The molecule has 7 nitrogen and oxygen atoms in total. The Morgan fingerprint density at radius 2 is 2.06 bits per heavy atom. The summed E-state index contributed by atoms with van der Waals surface area (Å²) in [6.45, 7) is 6.04. The maximum atomic E-state index is 13.8. The molecule has 0 bridgehead atoms. The highest BCUT2D eigenvalue weighted by Crippen LogP contribution is 2.35. The first-order valence-electron chi connectivity index (χ1n) is 11.7. The SMILES string of the molecule is Cc1nc([C@@H]2CCCCN2C(=O)c2cn[nH]c2C)nc2c1CCCN2Cc1cccc(F)c1. The number of nitrogens with zero attached hydrogens (tertiary/aromatic N) is 5. The Morgan fingerprint density at radius 3 is 2.85 bits per heavy atom. The van der Waals surface area contributed by atoms with Crippen molar-refractivity contribution in [2.75, 3.05) is 18.0 Å². The quantitative estimate of drug-likeness (QED) is 0.645. The smallest absolute Gasteiger partial charge is 0.257 e. The second-order valence-electron chi connectivity index (χ2n) is 9.04. The highest BCUT2D eigenvalue weighted by Gasteiger charge is 2.33. The number of aromatic nitrogens is 4. The maximum absolute atomic E-state index is 13.8. The summed E-state index contributed by atoms with van der Waals surface area (Å²) in [6.07, 6.45) is 6.39. The van der Waals surface area contributed by atoms with Gasteiger partial charge in [-0.2, -0.15) is 5.10 Å². The lowest BCUT2D eigenvalue weighted by Gasteiger charge is -2.36. The third kappa shape index (κ3) is 4.21. The number of anilines is 1. The van der Waals surface area contributed by atoms with Gasteiger partial charge in [0.1, 0.15) is 11.6 Å². The second kappa shape index (κ2) is 8.92. The minimum absolute atomic E-state index is 0.0264. The van der Waals surface area contributed by atoms with Crippen LogP contribution in [0.3, 0.4) is 0 Å². The van der Waals surface area contributed by atoms with Crippen molar-refractivity contribution < 1.29 is 9.18 Å². The number of halogens is 1. The second-order valence-corrected chi connectivity index (χ2v) is 9.04. The van der Waals surface area contributed by atoms with E-state index >= 15 is 0 Å². The van der Waals surface area contributed by atoms with Crippen LogP contribution in [0.4, 0.5) is 10.2 Å². The molecule has 1 saturated heterocycles. The summed E-state index contributed by atoms with van der Waals surface area (Å²) >= 11 is 0. The van der Waals surface area contributed by atoms with Crippen LogP contribution in [0.15, 0.2) is 30.5 Å². The van der Waals surface area contributed by atoms with Gasteiger partial charge in [-0.1, -0.05) is 12.1 Å². The average Bonchev–Trinajstić information content (AvgIpc) is 3.25. The van der Waals surface area contributed by atoms with Crippen LogP contribution in [0.1, 0.15) is 70.4 Å². The zero-order valence-corrected chi connectivity index (χ0v) is 19.1. The van der Waals surface area contributed by atoms with Crippen molar-refractivity contribution in [3.05, 3.63) is 70.2 Å². The molecule has 2 aliphatic rings. The summed E-state index contributed by atoms with van der Waals surface area (Å²) in [5, 5.41) is 6.89. The van der Waals surface area contributed by atoms with Crippen molar-refractivity contribution in [2.45, 2.75) is 58.5 Å². The standard InChI is InChI=1S/C25H29FN6O/c1-16-20-9-6-11-31(15-18-7-5-8-19(26)13-18)24(20)29-23(28-16)22-10-3-4-12-32(22)25(33)21-14-27-30-17(21)2/h5,7-8,13-14,22H,3-4,6,9-12,15H2,1-2H3,(H,27,30)/t22-/m0/s1. The van der Waals surface area contributed by atoms with E-state index in [1.807, 2.05) is 24.8 Å². The predicted octanol–water partition coefficient (Wildman–Crippen LogP) is 4.28. The van der Waals surface area contributed by atoms with Gasteiger partial charge in [-0.15, -0.1) is 0 Å². The highest BCUT2D eigenvalue weighted by atomic mass is 19.1. The predicted molar refractivity (Wildman–Crippen MR) is 123 cm³/mol. The van der Waals surface area contributed by atoms with Crippen molar-refractivity contribution in [1.82, 2.24) is 25.1 Å². The Labute approximate surface area is 193 Å². The minimum Gasteiger partial charge on any atom is -0.352 e. The van der Waals surface area contributed by atoms with Gasteiger partial charge in [0.05, 0.1) is 17.8 Å². The fraction of sp³-hybridized carbons (Fsp3) is 0.440. The van der Waals surface area contributed by atoms with E-state index in [4.69, 9.17) is 9.97 Å². The number of fused-ring (bicyclic) bond motifs is 1. The fourth-order valence-electron chi connectivity index (χ4n) is 5.03. The van der Waals surface area contributed by atoms with Crippen LogP contribution in [0, 0.1) is 19.7 Å². The van der Waals surface area contributed by atoms with Crippen LogP contribution in [-0.4, -0.2) is 44.1 Å². The van der Waals surface area contributed by atoms with E-state index in [2.05, 4.69) is 15.1 Å². The summed E-state index contributed by atoms with van der Waals surface area (Å²) in [5.41, 5.74) is 4.42. The van der Waals surface area contributed by atoms with Gasteiger partial charge in [0.25, 0.3) is 5.91 Å². The van der Waals surface area contributed by atoms with Gasteiger partial charge in [-0.3, -0.25) is 9.89 Å². The van der Waals surface area contributed by atoms with Crippen LogP contribution >= 0.6 is 0 Å². The van der Waals surface area contributed by atoms with Crippen molar-refractivity contribution in [3.8, 4) is 0 Å². The topological polar surface area (TPSA) is 78.0 Å². The monoisotopic (exact) mass is 448 g/mol. The van der Waals surface area contributed by atoms with E-state index < -0.39 is 0 Å². The molecule has 1 atom stereocenters. The van der Waals surface area contributed by atoms with E-state index in [1.165, 1.54) is 6.07 Å². The van der Waals surface area contributed by atoms with E-state index in [0.717, 1.165) is 67.0 Å². The molecule has 1 aromatic carbocycles. The minimum atomic E-state index is -0.227. The number of piperidine rings is 1. The molecule has 1 N–H and O–H groups in total. The molecule has 0 aliphatic carbocycles. The number of nitrogens with one attached hydrogen (secondary N) is 1.